The molecule has 0 bridgehead atoms. The van der Waals surface area contributed by atoms with E-state index in [0.717, 1.165) is 0 Å². The number of hydrogen-bond donors (Lipinski definition) is 0. The highest BCUT2D eigenvalue weighted by Gasteiger charge is 2.01. The highest BCUT2D eigenvalue weighted by atomic mass is 16.1. The van der Waals surface area contributed by atoms with E-state index in [1.54, 1.807) is 18.8 Å². The summed E-state index contributed by atoms with van der Waals surface area (Å²) >= 11 is 0. The molecule has 1 amide bonds. The summed E-state index contributed by atoms with van der Waals surface area (Å²) in [7, 11) is 0. The molecule has 0 unspecified atom stereocenters. The highest BCUT2D eigenvalue weighted by molar-refractivity contribution is 5.74. The fraction of sp³-hybridized carbons (Fsp3) is 0.286. The summed E-state index contributed by atoms with van der Waals surface area (Å²) in [6.07, 6.45) is 6.33. The molecule has 0 aromatic carbocycles. The van der Waals surface area contributed by atoms with Crippen LogP contribution >= 0.6 is 0 Å². The molecule has 1 aromatic rings. The Morgan fingerprint density at radius 1 is 1.55 bits per heavy atom. The zero-order chi connectivity index (χ0) is 8.10. The number of rotatable bonds is 3. The quantitative estimate of drug-likeness (QED) is 0.585. The molecule has 0 aliphatic rings. The third kappa shape index (κ3) is 1.73. The van der Waals surface area contributed by atoms with Crippen molar-refractivity contribution in [3.63, 3.8) is 0 Å². The van der Waals surface area contributed by atoms with Crippen LogP contribution in [0, 0.1) is 0 Å². The van der Waals surface area contributed by atoms with Gasteiger partial charge < -0.3 is 4.90 Å². The Hall–Kier alpha value is -1.45. The fourth-order valence-electron chi connectivity index (χ4n) is 0.730. The van der Waals surface area contributed by atoms with Gasteiger partial charge in [0.05, 0.1) is 18.1 Å². The zero-order valence-corrected chi connectivity index (χ0v) is 6.19. The first kappa shape index (κ1) is 7.65. The zero-order valence-electron chi connectivity index (χ0n) is 6.19. The summed E-state index contributed by atoms with van der Waals surface area (Å²) in [4.78, 5) is 19.2. The van der Waals surface area contributed by atoms with Gasteiger partial charge in [-0.15, -0.1) is 0 Å². The number of hydrogen-bond acceptors (Lipinski definition) is 3. The SMILES string of the molecule is CCN([C]=O)c1cncnc1. The van der Waals surface area contributed by atoms with Crippen molar-refractivity contribution in [1.29, 1.82) is 0 Å². The van der Waals surface area contributed by atoms with Gasteiger partial charge in [-0.1, -0.05) is 0 Å². The van der Waals surface area contributed by atoms with Crippen molar-refractivity contribution in [3.8, 4) is 0 Å². The van der Waals surface area contributed by atoms with Crippen LogP contribution in [0.5, 0.6) is 0 Å². The van der Waals surface area contributed by atoms with E-state index in [1.165, 1.54) is 11.2 Å². The van der Waals surface area contributed by atoms with Gasteiger partial charge >= 0.3 is 6.41 Å². The van der Waals surface area contributed by atoms with Gasteiger partial charge in [-0.25, -0.2) is 9.97 Å². The third-order valence-electron chi connectivity index (χ3n) is 1.29. The molecule has 1 radical (unpaired) electrons. The molecule has 0 aliphatic carbocycles. The fourth-order valence-corrected chi connectivity index (χ4v) is 0.730. The molecule has 0 fully saturated rings. The lowest BCUT2D eigenvalue weighted by atomic mass is 10.4. The van der Waals surface area contributed by atoms with Crippen LogP contribution in [0.4, 0.5) is 5.69 Å². The largest absolute Gasteiger partial charge is 0.316 e. The molecule has 4 heteroatoms. The minimum Gasteiger partial charge on any atom is -0.301 e. The van der Waals surface area contributed by atoms with E-state index >= 15 is 0 Å². The van der Waals surface area contributed by atoms with Crippen molar-refractivity contribution < 1.29 is 4.79 Å². The van der Waals surface area contributed by atoms with Crippen LogP contribution in [-0.4, -0.2) is 22.9 Å². The summed E-state index contributed by atoms with van der Waals surface area (Å²) in [5, 5.41) is 0. The Labute approximate surface area is 64.9 Å². The van der Waals surface area contributed by atoms with Crippen LogP contribution in [0.25, 0.3) is 0 Å². The Morgan fingerprint density at radius 2 is 2.18 bits per heavy atom. The second kappa shape index (κ2) is 3.65. The maximum absolute atomic E-state index is 10.3. The molecule has 0 saturated heterocycles. The second-order valence-corrected chi connectivity index (χ2v) is 1.93. The van der Waals surface area contributed by atoms with Gasteiger partial charge in [-0.3, -0.25) is 4.79 Å². The molecule has 0 aliphatic heterocycles. The Kier molecular flexibility index (Phi) is 2.54. The van der Waals surface area contributed by atoms with Crippen LogP contribution in [0.3, 0.4) is 0 Å². The van der Waals surface area contributed by atoms with Gasteiger partial charge in [0.15, 0.2) is 0 Å². The monoisotopic (exact) mass is 150 g/mol. The van der Waals surface area contributed by atoms with Crippen molar-refractivity contribution in [3.05, 3.63) is 18.7 Å². The third-order valence-corrected chi connectivity index (χ3v) is 1.29. The maximum atomic E-state index is 10.3. The van der Waals surface area contributed by atoms with Crippen molar-refractivity contribution in [2.75, 3.05) is 11.4 Å². The van der Waals surface area contributed by atoms with Gasteiger partial charge in [-0.05, 0) is 6.92 Å². The molecule has 0 saturated carbocycles. The maximum Gasteiger partial charge on any atom is 0.316 e. The smallest absolute Gasteiger partial charge is 0.301 e. The van der Waals surface area contributed by atoms with E-state index in [1.807, 2.05) is 6.92 Å². The van der Waals surface area contributed by atoms with E-state index in [0.29, 0.717) is 12.2 Å². The first-order chi connectivity index (χ1) is 5.38. The van der Waals surface area contributed by atoms with Gasteiger partial charge in [0.25, 0.3) is 0 Å². The molecule has 0 atom stereocenters. The molecule has 0 spiro atoms. The number of nitrogens with zero attached hydrogens (tertiary/aromatic N) is 3. The molecular weight excluding hydrogens is 142 g/mol. The van der Waals surface area contributed by atoms with Crippen LogP contribution in [0.1, 0.15) is 6.92 Å². The molecule has 0 N–H and O–H groups in total. The molecule has 57 valence electrons. The molecule has 4 nitrogen and oxygen atoms in total. The predicted molar refractivity (Wildman–Crippen MR) is 40.7 cm³/mol. The average Bonchev–Trinajstić information content (AvgIpc) is 2.09. The topological polar surface area (TPSA) is 46.1 Å². The minimum atomic E-state index is 0.580. The Morgan fingerprint density at radius 3 is 2.64 bits per heavy atom. The van der Waals surface area contributed by atoms with Crippen LogP contribution in [0.15, 0.2) is 18.7 Å². The number of carbonyl (C=O) groups excluding carboxylic acids is 1. The number of anilines is 1. The van der Waals surface area contributed by atoms with E-state index < -0.39 is 0 Å². The van der Waals surface area contributed by atoms with E-state index in [-0.39, 0.29) is 0 Å². The normalized spacial score (nSPS) is 9.18. The van der Waals surface area contributed by atoms with Crippen molar-refractivity contribution in [2.45, 2.75) is 6.92 Å². The summed E-state index contributed by atoms with van der Waals surface area (Å²) in [5.41, 5.74) is 0.671. The first-order valence-electron chi connectivity index (χ1n) is 3.28. The summed E-state index contributed by atoms with van der Waals surface area (Å²) < 4.78 is 0. The predicted octanol–water partition coefficient (Wildman–Crippen LogP) is 0.370. The van der Waals surface area contributed by atoms with Crippen molar-refractivity contribution >= 4 is 12.1 Å². The van der Waals surface area contributed by atoms with Gasteiger partial charge in [-0.2, -0.15) is 0 Å². The van der Waals surface area contributed by atoms with E-state index in [4.69, 9.17) is 0 Å². The summed E-state index contributed by atoms with van der Waals surface area (Å²) in [6.45, 7) is 2.44. The standard InChI is InChI=1S/C7H8N3O/c1-2-10(6-11)7-3-8-5-9-4-7/h3-5H,2H2,1H3. The van der Waals surface area contributed by atoms with Gasteiger partial charge in [0.1, 0.15) is 6.33 Å². The van der Waals surface area contributed by atoms with Crippen molar-refractivity contribution in [2.24, 2.45) is 0 Å². The number of amides is 1. The van der Waals surface area contributed by atoms with Crippen LogP contribution in [0.2, 0.25) is 0 Å². The Bertz CT molecular complexity index is 224. The number of aromatic nitrogens is 2. The summed E-state index contributed by atoms with van der Waals surface area (Å²) in [6, 6.07) is 0. The second-order valence-electron chi connectivity index (χ2n) is 1.93. The molecular formula is C7H8N3O. The average molecular weight is 150 g/mol. The van der Waals surface area contributed by atoms with Gasteiger partial charge in [0, 0.05) is 6.54 Å². The lowest BCUT2D eigenvalue weighted by Crippen LogP contribution is -2.20. The Balaban J connectivity index is 2.82. The van der Waals surface area contributed by atoms with Crippen LogP contribution < -0.4 is 4.90 Å². The minimum absolute atomic E-state index is 0.580. The summed E-state index contributed by atoms with van der Waals surface area (Å²) in [5.74, 6) is 0. The molecule has 1 aromatic heterocycles. The highest BCUT2D eigenvalue weighted by Crippen LogP contribution is 2.05. The molecule has 1 heterocycles. The lowest BCUT2D eigenvalue weighted by molar-refractivity contribution is 0.552. The van der Waals surface area contributed by atoms with Gasteiger partial charge in [0.2, 0.25) is 0 Å². The molecule has 1 rings (SSSR count). The van der Waals surface area contributed by atoms with E-state index in [9.17, 15) is 4.79 Å². The van der Waals surface area contributed by atoms with Crippen LogP contribution in [-0.2, 0) is 4.79 Å². The van der Waals surface area contributed by atoms with Crippen molar-refractivity contribution in [1.82, 2.24) is 9.97 Å². The van der Waals surface area contributed by atoms with E-state index in [2.05, 4.69) is 9.97 Å². The lowest BCUT2D eigenvalue weighted by Gasteiger charge is -2.10. The molecule has 11 heavy (non-hydrogen) atoms. The first-order valence-corrected chi connectivity index (χ1v) is 3.28.